The van der Waals surface area contributed by atoms with E-state index in [1.165, 1.54) is 0 Å². The third-order valence-electron chi connectivity index (χ3n) is 2.98. The van der Waals surface area contributed by atoms with E-state index in [4.69, 9.17) is 5.73 Å². The Bertz CT molecular complexity index is 689. The zero-order valence-electron chi connectivity index (χ0n) is 10.7. The Hall–Kier alpha value is -2.56. The molecule has 3 rings (SSSR count). The molecule has 0 radical (unpaired) electrons. The first-order valence-corrected chi connectivity index (χ1v) is 6.09. The number of nitrogens with zero attached hydrogens (tertiary/aromatic N) is 3. The summed E-state index contributed by atoms with van der Waals surface area (Å²) in [5.74, 6) is 0.811. The zero-order chi connectivity index (χ0) is 13.2. The number of nitrogens with two attached hydrogens (primary N) is 1. The molecule has 5 heteroatoms. The second kappa shape index (κ2) is 4.61. The average Bonchev–Trinajstić information content (AvgIpc) is 2.83. The lowest BCUT2D eigenvalue weighted by atomic mass is 10.3. The summed E-state index contributed by atoms with van der Waals surface area (Å²) in [7, 11) is 1.98. The van der Waals surface area contributed by atoms with Crippen LogP contribution in [0.5, 0.6) is 0 Å². The topological polar surface area (TPSA) is 70.8 Å². The van der Waals surface area contributed by atoms with Crippen molar-refractivity contribution in [1.82, 2.24) is 15.0 Å². The molecule has 0 bridgehead atoms. The molecule has 1 aromatic carbocycles. The molecule has 0 aliphatic carbocycles. The van der Waals surface area contributed by atoms with Crippen molar-refractivity contribution in [3.63, 3.8) is 0 Å². The maximum atomic E-state index is 5.76. The van der Waals surface area contributed by atoms with Crippen LogP contribution in [0, 0.1) is 0 Å². The summed E-state index contributed by atoms with van der Waals surface area (Å²) in [6.07, 6.45) is 1.79. The van der Waals surface area contributed by atoms with Gasteiger partial charge in [-0.3, -0.25) is 4.98 Å². The number of nitrogens with one attached hydrogen (secondary N) is 1. The molecular formula is C14H15N5. The van der Waals surface area contributed by atoms with E-state index in [2.05, 4.69) is 15.0 Å². The minimum atomic E-state index is 0.705. The average molecular weight is 253 g/mol. The molecule has 3 aromatic rings. The van der Waals surface area contributed by atoms with E-state index >= 15 is 0 Å². The number of imidazole rings is 1. The standard InChI is InChI=1S/C14H15N5/c1-19(9-11-4-2-3-7-16-11)14-17-12-6-5-10(15)8-13(12)18-14/h2-8H,9,15H2,1H3,(H,17,18). The Balaban J connectivity index is 1.87. The lowest BCUT2D eigenvalue weighted by Gasteiger charge is -2.14. The highest BCUT2D eigenvalue weighted by Gasteiger charge is 2.08. The number of hydrogen-bond acceptors (Lipinski definition) is 4. The molecule has 2 aromatic heterocycles. The van der Waals surface area contributed by atoms with Gasteiger partial charge in [0.2, 0.25) is 5.95 Å². The van der Waals surface area contributed by atoms with Crippen molar-refractivity contribution >= 4 is 22.7 Å². The van der Waals surface area contributed by atoms with Gasteiger partial charge in [0.05, 0.1) is 23.3 Å². The minimum absolute atomic E-state index is 0.705. The van der Waals surface area contributed by atoms with Crippen molar-refractivity contribution in [2.24, 2.45) is 0 Å². The zero-order valence-corrected chi connectivity index (χ0v) is 10.7. The molecule has 0 saturated heterocycles. The van der Waals surface area contributed by atoms with Crippen molar-refractivity contribution in [3.8, 4) is 0 Å². The SMILES string of the molecule is CN(Cc1ccccn1)c1nc2ccc(N)cc2[nH]1. The highest BCUT2D eigenvalue weighted by atomic mass is 15.2. The molecule has 2 heterocycles. The van der Waals surface area contributed by atoms with Crippen LogP contribution in [-0.4, -0.2) is 22.0 Å². The third kappa shape index (κ3) is 2.35. The highest BCUT2D eigenvalue weighted by Crippen LogP contribution is 2.19. The van der Waals surface area contributed by atoms with Gasteiger partial charge in [-0.1, -0.05) is 6.07 Å². The van der Waals surface area contributed by atoms with Crippen LogP contribution in [-0.2, 0) is 6.54 Å². The van der Waals surface area contributed by atoms with Gasteiger partial charge in [0, 0.05) is 18.9 Å². The molecule has 0 saturated carbocycles. The fraction of sp³-hybridized carbons (Fsp3) is 0.143. The highest BCUT2D eigenvalue weighted by molar-refractivity contribution is 5.80. The predicted molar refractivity (Wildman–Crippen MR) is 76.9 cm³/mol. The molecule has 3 N–H and O–H groups in total. The maximum absolute atomic E-state index is 5.76. The van der Waals surface area contributed by atoms with Crippen molar-refractivity contribution in [2.75, 3.05) is 17.7 Å². The van der Waals surface area contributed by atoms with Gasteiger partial charge in [0.1, 0.15) is 0 Å². The number of fused-ring (bicyclic) bond motifs is 1. The first-order valence-electron chi connectivity index (χ1n) is 6.09. The van der Waals surface area contributed by atoms with Gasteiger partial charge in [0.25, 0.3) is 0 Å². The van der Waals surface area contributed by atoms with E-state index in [1.807, 2.05) is 48.3 Å². The van der Waals surface area contributed by atoms with Crippen LogP contribution < -0.4 is 10.6 Å². The number of aromatic amines is 1. The third-order valence-corrected chi connectivity index (χ3v) is 2.98. The number of pyridine rings is 1. The quantitative estimate of drug-likeness (QED) is 0.702. The van der Waals surface area contributed by atoms with Crippen LogP contribution in [0.3, 0.4) is 0 Å². The van der Waals surface area contributed by atoms with Crippen molar-refractivity contribution in [3.05, 3.63) is 48.3 Å². The van der Waals surface area contributed by atoms with Gasteiger partial charge >= 0.3 is 0 Å². The first-order chi connectivity index (χ1) is 9.22. The summed E-state index contributed by atoms with van der Waals surface area (Å²) < 4.78 is 0. The number of hydrogen-bond donors (Lipinski definition) is 2. The van der Waals surface area contributed by atoms with E-state index in [0.717, 1.165) is 28.4 Å². The van der Waals surface area contributed by atoms with Crippen molar-refractivity contribution in [2.45, 2.75) is 6.54 Å². The fourth-order valence-corrected chi connectivity index (χ4v) is 2.00. The van der Waals surface area contributed by atoms with Crippen LogP contribution in [0.4, 0.5) is 11.6 Å². The molecule has 0 aliphatic heterocycles. The molecule has 0 unspecified atom stereocenters. The summed E-state index contributed by atoms with van der Waals surface area (Å²) in [5.41, 5.74) is 9.36. The van der Waals surface area contributed by atoms with Gasteiger partial charge in [-0.15, -0.1) is 0 Å². The number of nitrogen functional groups attached to an aromatic ring is 1. The smallest absolute Gasteiger partial charge is 0.203 e. The lowest BCUT2D eigenvalue weighted by molar-refractivity contribution is 0.855. The molecule has 0 aliphatic rings. The Kier molecular flexibility index (Phi) is 2.79. The van der Waals surface area contributed by atoms with Gasteiger partial charge in [-0.05, 0) is 30.3 Å². The molecular weight excluding hydrogens is 238 g/mol. The van der Waals surface area contributed by atoms with E-state index in [9.17, 15) is 0 Å². The number of aromatic nitrogens is 3. The van der Waals surface area contributed by atoms with Gasteiger partial charge in [-0.2, -0.15) is 0 Å². The van der Waals surface area contributed by atoms with Crippen LogP contribution >= 0.6 is 0 Å². The van der Waals surface area contributed by atoms with Gasteiger partial charge < -0.3 is 15.6 Å². The summed E-state index contributed by atoms with van der Waals surface area (Å²) in [6.45, 7) is 0.705. The Labute approximate surface area is 111 Å². The van der Waals surface area contributed by atoms with Crippen LogP contribution in [0.2, 0.25) is 0 Å². The fourth-order valence-electron chi connectivity index (χ4n) is 2.00. The molecule has 0 amide bonds. The summed E-state index contributed by atoms with van der Waals surface area (Å²) in [6, 6.07) is 11.5. The molecule has 0 spiro atoms. The number of anilines is 2. The molecule has 5 nitrogen and oxygen atoms in total. The maximum Gasteiger partial charge on any atom is 0.203 e. The van der Waals surface area contributed by atoms with E-state index in [0.29, 0.717) is 6.54 Å². The molecule has 0 atom stereocenters. The van der Waals surface area contributed by atoms with E-state index < -0.39 is 0 Å². The number of H-pyrrole nitrogens is 1. The Morgan fingerprint density at radius 1 is 1.26 bits per heavy atom. The van der Waals surface area contributed by atoms with Crippen molar-refractivity contribution in [1.29, 1.82) is 0 Å². The lowest BCUT2D eigenvalue weighted by Crippen LogP contribution is -2.18. The van der Waals surface area contributed by atoms with Crippen LogP contribution in [0.1, 0.15) is 5.69 Å². The van der Waals surface area contributed by atoms with Gasteiger partial charge in [-0.25, -0.2) is 4.98 Å². The summed E-state index contributed by atoms with van der Waals surface area (Å²) in [5, 5.41) is 0. The van der Waals surface area contributed by atoms with Gasteiger partial charge in [0.15, 0.2) is 0 Å². The normalized spacial score (nSPS) is 10.8. The molecule has 96 valence electrons. The monoisotopic (exact) mass is 253 g/mol. The van der Waals surface area contributed by atoms with Crippen molar-refractivity contribution < 1.29 is 0 Å². The molecule has 0 fully saturated rings. The Morgan fingerprint density at radius 2 is 2.16 bits per heavy atom. The van der Waals surface area contributed by atoms with Crippen LogP contribution in [0.25, 0.3) is 11.0 Å². The summed E-state index contributed by atoms with van der Waals surface area (Å²) in [4.78, 5) is 14.1. The second-order valence-electron chi connectivity index (χ2n) is 4.51. The van der Waals surface area contributed by atoms with E-state index in [1.54, 1.807) is 6.20 Å². The Morgan fingerprint density at radius 3 is 2.95 bits per heavy atom. The minimum Gasteiger partial charge on any atom is -0.399 e. The number of benzene rings is 1. The van der Waals surface area contributed by atoms with E-state index in [-0.39, 0.29) is 0 Å². The second-order valence-corrected chi connectivity index (χ2v) is 4.51. The predicted octanol–water partition coefficient (Wildman–Crippen LogP) is 2.18. The van der Waals surface area contributed by atoms with Crippen LogP contribution in [0.15, 0.2) is 42.6 Å². The molecule has 19 heavy (non-hydrogen) atoms. The largest absolute Gasteiger partial charge is 0.399 e. The summed E-state index contributed by atoms with van der Waals surface area (Å²) >= 11 is 0. The number of rotatable bonds is 3. The first kappa shape index (κ1) is 11.5.